The molecule has 3 nitrogen and oxygen atoms in total. The molecule has 0 spiro atoms. The van der Waals surface area contributed by atoms with E-state index in [0.717, 1.165) is 17.7 Å². The van der Waals surface area contributed by atoms with Crippen LogP contribution in [0.2, 0.25) is 0 Å². The monoisotopic (exact) mass is 287 g/mol. The molecule has 0 saturated heterocycles. The van der Waals surface area contributed by atoms with Gasteiger partial charge in [0.2, 0.25) is 0 Å². The van der Waals surface area contributed by atoms with E-state index in [2.05, 4.69) is 16.8 Å². The minimum Gasteiger partial charge on any atom is -0.478 e. The minimum absolute atomic E-state index is 0.299. The Morgan fingerprint density at radius 1 is 1.40 bits per heavy atom. The fourth-order valence-electron chi connectivity index (χ4n) is 2.73. The summed E-state index contributed by atoms with van der Waals surface area (Å²) in [6.07, 6.45) is 3.45. The van der Waals surface area contributed by atoms with Crippen LogP contribution < -0.4 is 5.32 Å². The van der Waals surface area contributed by atoms with E-state index in [4.69, 9.17) is 5.11 Å². The van der Waals surface area contributed by atoms with Crippen molar-refractivity contribution in [2.24, 2.45) is 0 Å². The van der Waals surface area contributed by atoms with Gasteiger partial charge in [-0.2, -0.15) is 0 Å². The number of carbonyl (C=O) groups is 1. The van der Waals surface area contributed by atoms with Crippen LogP contribution in [0.4, 0.5) is 5.69 Å². The van der Waals surface area contributed by atoms with E-state index in [1.165, 1.54) is 23.3 Å². The predicted molar refractivity (Wildman–Crippen MR) is 81.8 cm³/mol. The number of anilines is 1. The van der Waals surface area contributed by atoms with E-state index in [1.807, 2.05) is 24.3 Å². The maximum atomic E-state index is 11.1. The van der Waals surface area contributed by atoms with E-state index in [0.29, 0.717) is 11.6 Å². The van der Waals surface area contributed by atoms with Gasteiger partial charge < -0.3 is 10.4 Å². The third kappa shape index (κ3) is 2.43. The van der Waals surface area contributed by atoms with Crippen LogP contribution in [0.1, 0.15) is 45.2 Å². The zero-order chi connectivity index (χ0) is 14.1. The lowest BCUT2D eigenvalue weighted by atomic mass is 9.93. The van der Waals surface area contributed by atoms with Gasteiger partial charge in [-0.1, -0.05) is 6.07 Å². The van der Waals surface area contributed by atoms with E-state index in [9.17, 15) is 4.79 Å². The number of benzene rings is 1. The van der Waals surface area contributed by atoms with Gasteiger partial charge in [0.25, 0.3) is 0 Å². The minimum atomic E-state index is -0.882. The summed E-state index contributed by atoms with van der Waals surface area (Å²) >= 11 is 1.82. The van der Waals surface area contributed by atoms with Crippen molar-refractivity contribution in [3.63, 3.8) is 0 Å². The van der Waals surface area contributed by atoms with Crippen molar-refractivity contribution in [1.82, 2.24) is 0 Å². The number of thiophene rings is 1. The summed E-state index contributed by atoms with van der Waals surface area (Å²) < 4.78 is 0. The smallest absolute Gasteiger partial charge is 0.335 e. The van der Waals surface area contributed by atoms with Crippen LogP contribution >= 0.6 is 11.3 Å². The van der Waals surface area contributed by atoms with Gasteiger partial charge in [-0.05, 0) is 60.9 Å². The van der Waals surface area contributed by atoms with Gasteiger partial charge >= 0.3 is 5.97 Å². The highest BCUT2D eigenvalue weighted by molar-refractivity contribution is 7.10. The number of hydrogen-bond donors (Lipinski definition) is 2. The van der Waals surface area contributed by atoms with Crippen molar-refractivity contribution in [3.05, 3.63) is 51.2 Å². The molecule has 1 aromatic carbocycles. The number of aromatic carboxylic acids is 1. The highest BCUT2D eigenvalue weighted by Gasteiger charge is 2.21. The molecule has 1 aliphatic carbocycles. The zero-order valence-corrected chi connectivity index (χ0v) is 12.2. The molecule has 1 atom stereocenters. The summed E-state index contributed by atoms with van der Waals surface area (Å²) in [5, 5.41) is 14.8. The van der Waals surface area contributed by atoms with Gasteiger partial charge in [0.15, 0.2) is 0 Å². The predicted octanol–water partition coefficient (Wildman–Crippen LogP) is 4.24. The molecule has 0 amide bonds. The number of carboxylic acid groups (broad SMARTS) is 1. The van der Waals surface area contributed by atoms with Gasteiger partial charge in [0.05, 0.1) is 11.6 Å². The summed E-state index contributed by atoms with van der Waals surface area (Å²) in [6.45, 7) is 2.01. The molecule has 3 rings (SSSR count). The normalized spacial score (nSPS) is 17.6. The van der Waals surface area contributed by atoms with Crippen molar-refractivity contribution in [3.8, 4) is 0 Å². The fourth-order valence-corrected chi connectivity index (χ4v) is 3.72. The second-order valence-electron chi connectivity index (χ2n) is 5.22. The number of fused-ring (bicyclic) bond motifs is 1. The Balaban J connectivity index is 1.89. The van der Waals surface area contributed by atoms with Gasteiger partial charge in [-0.25, -0.2) is 4.79 Å². The maximum Gasteiger partial charge on any atom is 0.335 e. The Labute approximate surface area is 122 Å². The first-order valence-corrected chi connectivity index (χ1v) is 7.70. The van der Waals surface area contributed by atoms with Gasteiger partial charge in [-0.3, -0.25) is 0 Å². The van der Waals surface area contributed by atoms with Crippen molar-refractivity contribution in [2.45, 2.75) is 32.2 Å². The van der Waals surface area contributed by atoms with Crippen LogP contribution in [0.5, 0.6) is 0 Å². The Morgan fingerprint density at radius 2 is 2.25 bits per heavy atom. The van der Waals surface area contributed by atoms with E-state index >= 15 is 0 Å². The molecule has 2 N–H and O–H groups in total. The van der Waals surface area contributed by atoms with Gasteiger partial charge in [-0.15, -0.1) is 11.3 Å². The molecule has 1 aromatic heterocycles. The third-order valence-electron chi connectivity index (χ3n) is 3.87. The number of carboxylic acids is 1. The highest BCUT2D eigenvalue weighted by Crippen LogP contribution is 2.36. The van der Waals surface area contributed by atoms with Crippen LogP contribution in [0.25, 0.3) is 0 Å². The van der Waals surface area contributed by atoms with Crippen molar-refractivity contribution >= 4 is 23.0 Å². The van der Waals surface area contributed by atoms with E-state index in [-0.39, 0.29) is 0 Å². The quantitative estimate of drug-likeness (QED) is 0.887. The molecule has 0 fully saturated rings. The molecule has 1 aliphatic rings. The molecule has 0 saturated carbocycles. The van der Waals surface area contributed by atoms with Gasteiger partial charge in [0, 0.05) is 10.6 Å². The molecule has 0 bridgehead atoms. The van der Waals surface area contributed by atoms with Crippen LogP contribution in [-0.2, 0) is 6.42 Å². The van der Waals surface area contributed by atoms with Gasteiger partial charge in [0.1, 0.15) is 0 Å². The molecule has 1 heterocycles. The molecule has 1 unspecified atom stereocenters. The molecular weight excluding hydrogens is 270 g/mol. The van der Waals surface area contributed by atoms with Crippen molar-refractivity contribution in [1.29, 1.82) is 0 Å². The number of aryl methyl sites for hydroxylation is 2. The summed E-state index contributed by atoms with van der Waals surface area (Å²) in [7, 11) is 0. The molecule has 20 heavy (non-hydrogen) atoms. The first kappa shape index (κ1) is 13.2. The highest BCUT2D eigenvalue weighted by atomic mass is 32.1. The first-order chi connectivity index (χ1) is 9.65. The lowest BCUT2D eigenvalue weighted by Gasteiger charge is -2.25. The lowest BCUT2D eigenvalue weighted by Crippen LogP contribution is -2.16. The molecule has 104 valence electrons. The van der Waals surface area contributed by atoms with Crippen LogP contribution in [0.3, 0.4) is 0 Å². The standard InChI is InChI=1S/C16H17NO2S/c1-10-5-6-11(16(18)19)9-14(10)17-13-3-2-4-15-12(13)7-8-20-15/h5-9,13,17H,2-4H2,1H3,(H,18,19). The third-order valence-corrected chi connectivity index (χ3v) is 4.86. The van der Waals surface area contributed by atoms with Crippen molar-refractivity contribution < 1.29 is 9.90 Å². The number of nitrogens with one attached hydrogen (secondary N) is 1. The molecule has 4 heteroatoms. The topological polar surface area (TPSA) is 49.3 Å². The zero-order valence-electron chi connectivity index (χ0n) is 11.3. The second kappa shape index (κ2) is 5.29. The first-order valence-electron chi connectivity index (χ1n) is 6.82. The Bertz CT molecular complexity index is 648. The average Bonchev–Trinajstić information content (AvgIpc) is 2.90. The van der Waals surface area contributed by atoms with Crippen LogP contribution in [0.15, 0.2) is 29.6 Å². The second-order valence-corrected chi connectivity index (χ2v) is 6.22. The Hall–Kier alpha value is -1.81. The summed E-state index contributed by atoms with van der Waals surface area (Å²) in [6, 6.07) is 7.74. The van der Waals surface area contributed by atoms with Crippen molar-refractivity contribution in [2.75, 3.05) is 5.32 Å². The van der Waals surface area contributed by atoms with Crippen LogP contribution in [-0.4, -0.2) is 11.1 Å². The summed E-state index contributed by atoms with van der Waals surface area (Å²) in [4.78, 5) is 12.5. The molecular formula is C16H17NO2S. The van der Waals surface area contributed by atoms with Crippen LogP contribution in [0, 0.1) is 6.92 Å². The number of rotatable bonds is 3. The number of hydrogen-bond acceptors (Lipinski definition) is 3. The lowest BCUT2D eigenvalue weighted by molar-refractivity contribution is 0.0697. The summed E-state index contributed by atoms with van der Waals surface area (Å²) in [5.41, 5.74) is 3.71. The maximum absolute atomic E-state index is 11.1. The average molecular weight is 287 g/mol. The molecule has 2 aromatic rings. The molecule has 0 aliphatic heterocycles. The summed E-state index contributed by atoms with van der Waals surface area (Å²) in [5.74, 6) is -0.882. The Kier molecular flexibility index (Phi) is 3.49. The van der Waals surface area contributed by atoms with E-state index < -0.39 is 5.97 Å². The Morgan fingerprint density at radius 3 is 3.05 bits per heavy atom. The fraction of sp³-hybridized carbons (Fsp3) is 0.312. The largest absolute Gasteiger partial charge is 0.478 e. The SMILES string of the molecule is Cc1ccc(C(=O)O)cc1NC1CCCc2sccc21. The molecule has 0 radical (unpaired) electrons. The van der Waals surface area contributed by atoms with E-state index in [1.54, 1.807) is 12.1 Å².